The molecular formula is C11H23NO5. The highest BCUT2D eigenvalue weighted by atomic mass is 16.4. The van der Waals surface area contributed by atoms with Crippen LogP contribution in [0.1, 0.15) is 39.0 Å². The van der Waals surface area contributed by atoms with Gasteiger partial charge in [-0.2, -0.15) is 0 Å². The lowest BCUT2D eigenvalue weighted by atomic mass is 9.86. The number of aliphatic hydroxyl groups is 4. The van der Waals surface area contributed by atoms with Crippen molar-refractivity contribution in [3.05, 3.63) is 0 Å². The van der Waals surface area contributed by atoms with Crippen molar-refractivity contribution in [1.82, 2.24) is 0 Å². The molecule has 0 heterocycles. The second kappa shape index (κ2) is 7.60. The van der Waals surface area contributed by atoms with E-state index in [-0.39, 0.29) is 6.42 Å². The number of unbranched alkanes of at least 4 members (excludes halogenated alkanes) is 3. The van der Waals surface area contributed by atoms with Crippen molar-refractivity contribution < 1.29 is 25.2 Å². The topological polar surface area (TPSA) is 124 Å². The minimum atomic E-state index is -2.18. The molecule has 0 aliphatic rings. The molecule has 0 saturated heterocycles. The Balaban J connectivity index is 4.50. The number of hydrogen-bond acceptors (Lipinski definition) is 5. The van der Waals surface area contributed by atoms with Gasteiger partial charge in [0.1, 0.15) is 12.2 Å². The third-order valence-corrected chi connectivity index (χ3v) is 2.88. The Bertz CT molecular complexity index is 236. The highest BCUT2D eigenvalue weighted by Gasteiger charge is 2.44. The normalized spacial score (nSPS) is 18.4. The van der Waals surface area contributed by atoms with Gasteiger partial charge in [0.15, 0.2) is 5.60 Å². The van der Waals surface area contributed by atoms with Crippen molar-refractivity contribution in [3.63, 3.8) is 0 Å². The predicted octanol–water partition coefficient (Wildman–Crippen LogP) is -1.11. The van der Waals surface area contributed by atoms with Crippen LogP contribution in [0.4, 0.5) is 0 Å². The summed E-state index contributed by atoms with van der Waals surface area (Å²) in [7, 11) is 0. The van der Waals surface area contributed by atoms with E-state index in [0.29, 0.717) is 6.42 Å². The maximum absolute atomic E-state index is 11.2. The van der Waals surface area contributed by atoms with Crippen LogP contribution in [0.15, 0.2) is 0 Å². The smallest absolute Gasteiger partial charge is 0.252 e. The molecule has 6 heteroatoms. The fraction of sp³-hybridized carbons (Fsp3) is 0.909. The predicted molar refractivity (Wildman–Crippen MR) is 62.0 cm³/mol. The summed E-state index contributed by atoms with van der Waals surface area (Å²) in [5.41, 5.74) is 2.85. The fourth-order valence-corrected chi connectivity index (χ4v) is 1.66. The molecule has 0 spiro atoms. The Morgan fingerprint density at radius 1 is 1.29 bits per heavy atom. The van der Waals surface area contributed by atoms with Crippen LogP contribution in [0.3, 0.4) is 0 Å². The van der Waals surface area contributed by atoms with Crippen LogP contribution in [0.2, 0.25) is 0 Å². The third-order valence-electron chi connectivity index (χ3n) is 2.88. The summed E-state index contributed by atoms with van der Waals surface area (Å²) >= 11 is 0. The summed E-state index contributed by atoms with van der Waals surface area (Å²) in [5, 5.41) is 37.5. The molecule has 0 unspecified atom stereocenters. The molecule has 0 aromatic carbocycles. The Morgan fingerprint density at radius 2 is 1.88 bits per heavy atom. The standard InChI is InChI=1S/C11H23NO5/c1-2-3-4-5-6-11(17,10(12)16)9(15)8(14)7-13/h8-9,13-15,17H,2-7H2,1H3,(H2,12,16)/t8-,9-,11+/m0/s1. The van der Waals surface area contributed by atoms with Crippen LogP contribution < -0.4 is 5.73 Å². The van der Waals surface area contributed by atoms with Crippen LogP contribution in [-0.4, -0.2) is 50.7 Å². The molecule has 3 atom stereocenters. The SMILES string of the molecule is CCCCCC[C@](O)(C(N)=O)[C@@H](O)[C@@H](O)CO. The molecule has 17 heavy (non-hydrogen) atoms. The first-order valence-electron chi connectivity index (χ1n) is 5.89. The van der Waals surface area contributed by atoms with Crippen molar-refractivity contribution in [2.45, 2.75) is 56.8 Å². The summed E-state index contributed by atoms with van der Waals surface area (Å²) < 4.78 is 0. The number of rotatable bonds is 9. The van der Waals surface area contributed by atoms with Gasteiger partial charge in [-0.3, -0.25) is 4.79 Å². The average molecular weight is 249 g/mol. The van der Waals surface area contributed by atoms with Crippen LogP contribution in [0.5, 0.6) is 0 Å². The zero-order valence-electron chi connectivity index (χ0n) is 10.2. The molecule has 6 N–H and O–H groups in total. The summed E-state index contributed by atoms with van der Waals surface area (Å²) in [5.74, 6) is -1.09. The van der Waals surface area contributed by atoms with Gasteiger partial charge < -0.3 is 26.2 Å². The van der Waals surface area contributed by atoms with Gasteiger partial charge in [-0.25, -0.2) is 0 Å². The molecule has 0 fully saturated rings. The van der Waals surface area contributed by atoms with E-state index in [1.165, 1.54) is 0 Å². The number of nitrogens with two attached hydrogens (primary N) is 1. The van der Waals surface area contributed by atoms with Gasteiger partial charge in [0, 0.05) is 0 Å². The van der Waals surface area contributed by atoms with E-state index in [0.717, 1.165) is 19.3 Å². The number of carbonyl (C=O) groups excluding carboxylic acids is 1. The Labute approximate surface area is 101 Å². The second-order valence-electron chi connectivity index (χ2n) is 4.29. The van der Waals surface area contributed by atoms with Crippen LogP contribution in [0, 0.1) is 0 Å². The van der Waals surface area contributed by atoms with Gasteiger partial charge >= 0.3 is 0 Å². The lowest BCUT2D eigenvalue weighted by Crippen LogP contribution is -2.58. The number of aliphatic hydroxyl groups excluding tert-OH is 3. The van der Waals surface area contributed by atoms with E-state index < -0.39 is 30.3 Å². The first kappa shape index (κ1) is 16.3. The van der Waals surface area contributed by atoms with Gasteiger partial charge in [0.05, 0.1) is 6.61 Å². The van der Waals surface area contributed by atoms with Crippen LogP contribution >= 0.6 is 0 Å². The zero-order valence-corrected chi connectivity index (χ0v) is 10.2. The first-order chi connectivity index (χ1) is 7.90. The Kier molecular flexibility index (Phi) is 7.29. The monoisotopic (exact) mass is 249 g/mol. The minimum absolute atomic E-state index is 0.0272. The lowest BCUT2D eigenvalue weighted by Gasteiger charge is -2.32. The van der Waals surface area contributed by atoms with Gasteiger partial charge in [-0.15, -0.1) is 0 Å². The molecule has 0 saturated carbocycles. The number of carbonyl (C=O) groups is 1. The van der Waals surface area contributed by atoms with Crippen molar-refractivity contribution in [1.29, 1.82) is 0 Å². The first-order valence-corrected chi connectivity index (χ1v) is 5.89. The van der Waals surface area contributed by atoms with Crippen molar-refractivity contribution in [3.8, 4) is 0 Å². The van der Waals surface area contributed by atoms with Gasteiger partial charge in [-0.05, 0) is 12.8 Å². The van der Waals surface area contributed by atoms with Gasteiger partial charge in [-0.1, -0.05) is 26.2 Å². The molecule has 0 aliphatic heterocycles. The largest absolute Gasteiger partial charge is 0.394 e. The van der Waals surface area contributed by atoms with E-state index in [1.807, 2.05) is 6.92 Å². The van der Waals surface area contributed by atoms with E-state index in [9.17, 15) is 20.1 Å². The number of amides is 1. The molecular weight excluding hydrogens is 226 g/mol. The number of primary amides is 1. The maximum atomic E-state index is 11.2. The molecule has 0 aromatic rings. The second-order valence-corrected chi connectivity index (χ2v) is 4.29. The van der Waals surface area contributed by atoms with Crippen molar-refractivity contribution >= 4 is 5.91 Å². The van der Waals surface area contributed by atoms with E-state index in [1.54, 1.807) is 0 Å². The average Bonchev–Trinajstić information content (AvgIpc) is 2.32. The van der Waals surface area contributed by atoms with E-state index >= 15 is 0 Å². The van der Waals surface area contributed by atoms with Gasteiger partial charge in [0.2, 0.25) is 0 Å². The summed E-state index contributed by atoms with van der Waals surface area (Å²) in [6, 6.07) is 0. The summed E-state index contributed by atoms with van der Waals surface area (Å²) in [6.45, 7) is 1.27. The maximum Gasteiger partial charge on any atom is 0.252 e. The molecule has 102 valence electrons. The Morgan fingerprint density at radius 3 is 2.29 bits per heavy atom. The zero-order chi connectivity index (χ0) is 13.5. The summed E-state index contributed by atoms with van der Waals surface area (Å²) in [6.07, 6.45) is -0.119. The molecule has 1 amide bonds. The molecule has 0 rings (SSSR count). The van der Waals surface area contributed by atoms with Crippen LogP contribution in [-0.2, 0) is 4.79 Å². The van der Waals surface area contributed by atoms with Crippen molar-refractivity contribution in [2.24, 2.45) is 5.73 Å². The third kappa shape index (κ3) is 4.59. The molecule has 0 bridgehead atoms. The quantitative estimate of drug-likeness (QED) is 0.331. The lowest BCUT2D eigenvalue weighted by molar-refractivity contribution is -0.166. The van der Waals surface area contributed by atoms with Crippen LogP contribution in [0.25, 0.3) is 0 Å². The molecule has 0 aliphatic carbocycles. The minimum Gasteiger partial charge on any atom is -0.394 e. The van der Waals surface area contributed by atoms with E-state index in [2.05, 4.69) is 0 Å². The highest BCUT2D eigenvalue weighted by molar-refractivity contribution is 5.84. The number of hydrogen-bond donors (Lipinski definition) is 5. The van der Waals surface area contributed by atoms with Crippen molar-refractivity contribution in [2.75, 3.05) is 6.61 Å². The molecule has 0 radical (unpaired) electrons. The molecule has 6 nitrogen and oxygen atoms in total. The molecule has 0 aromatic heterocycles. The highest BCUT2D eigenvalue weighted by Crippen LogP contribution is 2.22. The fourth-order valence-electron chi connectivity index (χ4n) is 1.66. The van der Waals surface area contributed by atoms with Gasteiger partial charge in [0.25, 0.3) is 5.91 Å². The summed E-state index contributed by atoms with van der Waals surface area (Å²) in [4.78, 5) is 11.2. The van der Waals surface area contributed by atoms with E-state index in [4.69, 9.17) is 10.8 Å². The Hall–Kier alpha value is -0.690.